The highest BCUT2D eigenvalue weighted by Crippen LogP contribution is 2.36. The van der Waals surface area contributed by atoms with Crippen LogP contribution in [0.15, 0.2) is 23.6 Å². The molecule has 2 aromatic heterocycles. The van der Waals surface area contributed by atoms with Crippen LogP contribution < -0.4 is 4.74 Å². The summed E-state index contributed by atoms with van der Waals surface area (Å²) in [5, 5.41) is 22.2. The third-order valence-corrected chi connectivity index (χ3v) is 5.11. The van der Waals surface area contributed by atoms with E-state index in [0.717, 1.165) is 27.7 Å². The van der Waals surface area contributed by atoms with Crippen molar-refractivity contribution in [3.05, 3.63) is 45.4 Å². The molecule has 0 spiro atoms. The van der Waals surface area contributed by atoms with E-state index in [4.69, 9.17) is 16.3 Å². The molecule has 0 unspecified atom stereocenters. The van der Waals surface area contributed by atoms with E-state index in [2.05, 4.69) is 0 Å². The second kappa shape index (κ2) is 6.37. The number of hydrogen-bond acceptors (Lipinski definition) is 4. The summed E-state index contributed by atoms with van der Waals surface area (Å²) >= 11 is 7.52. The molecule has 5 nitrogen and oxygen atoms in total. The first-order valence-corrected chi connectivity index (χ1v) is 8.49. The highest BCUT2D eigenvalue weighted by molar-refractivity contribution is 7.11. The SMILES string of the molecule is COc1cc2c(CC(=O)O)c(C)n(Cc3csc(O)c3)c2cc1Cl. The number of aromatic nitrogens is 1. The molecule has 0 aliphatic carbocycles. The van der Waals surface area contributed by atoms with Crippen molar-refractivity contribution in [3.63, 3.8) is 0 Å². The summed E-state index contributed by atoms with van der Waals surface area (Å²) in [6.45, 7) is 2.42. The zero-order valence-corrected chi connectivity index (χ0v) is 14.7. The molecular formula is C17H16ClNO4S. The number of hydrogen-bond donors (Lipinski definition) is 2. The number of thiophene rings is 1. The average molecular weight is 366 g/mol. The molecule has 0 saturated carbocycles. The molecule has 126 valence electrons. The molecule has 2 heterocycles. The molecule has 0 aliphatic heterocycles. The summed E-state index contributed by atoms with van der Waals surface area (Å²) in [4.78, 5) is 11.3. The van der Waals surface area contributed by atoms with Gasteiger partial charge in [0.1, 0.15) is 5.75 Å². The molecule has 0 amide bonds. The molecule has 0 saturated heterocycles. The Balaban J connectivity index is 2.21. The minimum absolute atomic E-state index is 0.0744. The lowest BCUT2D eigenvalue weighted by Gasteiger charge is -2.08. The van der Waals surface area contributed by atoms with Gasteiger partial charge in [0, 0.05) is 17.6 Å². The van der Waals surface area contributed by atoms with E-state index in [0.29, 0.717) is 17.3 Å². The summed E-state index contributed by atoms with van der Waals surface area (Å²) in [5.74, 6) is -0.375. The molecule has 2 N–H and O–H groups in total. The van der Waals surface area contributed by atoms with Gasteiger partial charge in [-0.25, -0.2) is 0 Å². The Kier molecular flexibility index (Phi) is 4.43. The quantitative estimate of drug-likeness (QED) is 0.715. The van der Waals surface area contributed by atoms with Gasteiger partial charge in [-0.05, 0) is 41.6 Å². The van der Waals surface area contributed by atoms with Crippen LogP contribution in [0.1, 0.15) is 16.8 Å². The van der Waals surface area contributed by atoms with Gasteiger partial charge in [-0.2, -0.15) is 0 Å². The zero-order valence-electron chi connectivity index (χ0n) is 13.2. The second-order valence-corrected chi connectivity index (χ2v) is 6.81. The van der Waals surface area contributed by atoms with Crippen LogP contribution in [0.4, 0.5) is 0 Å². The molecule has 0 bridgehead atoms. The Morgan fingerprint density at radius 1 is 1.38 bits per heavy atom. The van der Waals surface area contributed by atoms with Crippen LogP contribution in [-0.4, -0.2) is 27.9 Å². The molecule has 0 fully saturated rings. The summed E-state index contributed by atoms with van der Waals surface area (Å²) < 4.78 is 7.28. The van der Waals surface area contributed by atoms with Gasteiger partial charge in [-0.3, -0.25) is 4.79 Å². The number of nitrogens with zero attached hydrogens (tertiary/aromatic N) is 1. The normalized spacial score (nSPS) is 11.1. The second-order valence-electron chi connectivity index (χ2n) is 5.52. The molecule has 1 aromatic carbocycles. The van der Waals surface area contributed by atoms with Crippen molar-refractivity contribution < 1.29 is 19.7 Å². The van der Waals surface area contributed by atoms with Crippen molar-refractivity contribution in [2.24, 2.45) is 0 Å². The first-order valence-electron chi connectivity index (χ1n) is 7.24. The average Bonchev–Trinajstić information content (AvgIpc) is 3.03. The fraction of sp³-hybridized carbons (Fsp3) is 0.235. The van der Waals surface area contributed by atoms with Gasteiger partial charge in [-0.15, -0.1) is 11.3 Å². The first kappa shape index (κ1) is 16.7. The third-order valence-electron chi connectivity index (χ3n) is 4.04. The van der Waals surface area contributed by atoms with Gasteiger partial charge in [0.15, 0.2) is 5.06 Å². The minimum atomic E-state index is -0.890. The third kappa shape index (κ3) is 2.95. The predicted molar refractivity (Wildman–Crippen MR) is 94.7 cm³/mol. The van der Waals surface area contributed by atoms with Crippen LogP contribution in [-0.2, 0) is 17.8 Å². The van der Waals surface area contributed by atoms with Crippen molar-refractivity contribution in [1.82, 2.24) is 4.57 Å². The molecule has 0 radical (unpaired) electrons. The summed E-state index contributed by atoms with van der Waals surface area (Å²) in [7, 11) is 1.53. The Labute approximate surface area is 147 Å². The zero-order chi connectivity index (χ0) is 17.4. The lowest BCUT2D eigenvalue weighted by Crippen LogP contribution is -2.04. The van der Waals surface area contributed by atoms with E-state index in [9.17, 15) is 15.0 Å². The van der Waals surface area contributed by atoms with E-state index in [1.165, 1.54) is 18.4 Å². The lowest BCUT2D eigenvalue weighted by molar-refractivity contribution is -0.136. The fourth-order valence-corrected chi connectivity index (χ4v) is 3.78. The number of carboxylic acids is 1. The largest absolute Gasteiger partial charge is 0.499 e. The van der Waals surface area contributed by atoms with E-state index < -0.39 is 5.97 Å². The number of carbonyl (C=O) groups is 1. The number of ether oxygens (including phenoxy) is 1. The van der Waals surface area contributed by atoms with E-state index in [1.54, 1.807) is 18.2 Å². The van der Waals surface area contributed by atoms with Gasteiger partial charge in [0.25, 0.3) is 0 Å². The number of fused-ring (bicyclic) bond motifs is 1. The van der Waals surface area contributed by atoms with Gasteiger partial charge >= 0.3 is 5.97 Å². The van der Waals surface area contributed by atoms with Crippen LogP contribution in [0.25, 0.3) is 10.9 Å². The first-order chi connectivity index (χ1) is 11.4. The van der Waals surface area contributed by atoms with Crippen molar-refractivity contribution >= 4 is 39.8 Å². The van der Waals surface area contributed by atoms with Crippen LogP contribution in [0.5, 0.6) is 10.8 Å². The maximum atomic E-state index is 11.3. The van der Waals surface area contributed by atoms with Crippen molar-refractivity contribution in [1.29, 1.82) is 0 Å². The molecule has 7 heteroatoms. The Morgan fingerprint density at radius 2 is 2.12 bits per heavy atom. The number of rotatable bonds is 5. The Morgan fingerprint density at radius 3 is 2.71 bits per heavy atom. The summed E-state index contributed by atoms with van der Waals surface area (Å²) in [6, 6.07) is 5.28. The van der Waals surface area contributed by atoms with Crippen molar-refractivity contribution in [3.8, 4) is 10.8 Å². The number of halogens is 1. The summed E-state index contributed by atoms with van der Waals surface area (Å²) in [5.41, 5.74) is 3.40. The van der Waals surface area contributed by atoms with E-state index in [1.807, 2.05) is 16.9 Å². The van der Waals surface area contributed by atoms with Crippen LogP contribution in [0.2, 0.25) is 5.02 Å². The Hall–Kier alpha value is -2.18. The van der Waals surface area contributed by atoms with Crippen LogP contribution >= 0.6 is 22.9 Å². The van der Waals surface area contributed by atoms with Gasteiger partial charge in [0.2, 0.25) is 0 Å². The molecule has 0 aliphatic rings. The van der Waals surface area contributed by atoms with Crippen LogP contribution in [0.3, 0.4) is 0 Å². The molecule has 3 aromatic rings. The number of aliphatic carboxylic acids is 1. The highest BCUT2D eigenvalue weighted by atomic mass is 35.5. The maximum absolute atomic E-state index is 11.3. The molecular weight excluding hydrogens is 350 g/mol. The van der Waals surface area contributed by atoms with Crippen molar-refractivity contribution in [2.45, 2.75) is 19.9 Å². The highest BCUT2D eigenvalue weighted by Gasteiger charge is 2.19. The summed E-state index contributed by atoms with van der Waals surface area (Å²) in [6.07, 6.45) is -0.0744. The number of methoxy groups -OCH3 is 1. The molecule has 24 heavy (non-hydrogen) atoms. The maximum Gasteiger partial charge on any atom is 0.307 e. The predicted octanol–water partition coefficient (Wildman–Crippen LogP) is 4.05. The van der Waals surface area contributed by atoms with E-state index in [-0.39, 0.29) is 11.5 Å². The number of carboxylic acid groups (broad SMARTS) is 1. The molecule has 0 atom stereocenters. The minimum Gasteiger partial charge on any atom is -0.499 e. The van der Waals surface area contributed by atoms with Crippen LogP contribution in [0, 0.1) is 6.92 Å². The topological polar surface area (TPSA) is 71.7 Å². The van der Waals surface area contributed by atoms with E-state index >= 15 is 0 Å². The van der Waals surface area contributed by atoms with Gasteiger partial charge < -0.3 is 19.5 Å². The van der Waals surface area contributed by atoms with Gasteiger partial charge in [-0.1, -0.05) is 11.6 Å². The Bertz CT molecular complexity index is 928. The smallest absolute Gasteiger partial charge is 0.307 e. The fourth-order valence-electron chi connectivity index (χ4n) is 2.91. The van der Waals surface area contributed by atoms with Crippen molar-refractivity contribution in [2.75, 3.05) is 7.11 Å². The molecule has 3 rings (SSSR count). The standard InChI is InChI=1S/C17H16ClNO4S/c1-9-11(5-16(20)21)12-4-15(23-2)13(18)6-14(12)19(9)7-10-3-17(22)24-8-10/h3-4,6,8,22H,5,7H2,1-2H3,(H,20,21). The monoisotopic (exact) mass is 365 g/mol. The number of aromatic hydroxyl groups is 1. The van der Waals surface area contributed by atoms with Gasteiger partial charge in [0.05, 0.1) is 24.1 Å². The lowest BCUT2D eigenvalue weighted by atomic mass is 10.1. The number of benzene rings is 1.